The van der Waals surface area contributed by atoms with Gasteiger partial charge in [-0.2, -0.15) is 0 Å². The molecular weight excluding hydrogens is 673 g/mol. The smallest absolute Gasteiger partial charge is 0.246 e. The quantitative estimate of drug-likeness (QED) is 0.154. The zero-order valence-electron chi connectivity index (χ0n) is 31.2. The standard InChI is InChI=1S/C37H58N6O7S/c1-7-49-32(50-8-2)24-48-20-19-41-15-17-42(18-16-41)23-31(45)40-34(37(4,5)6)36(47)43-22-29(44)21-30(43)35(46)38-14-13-27-9-11-28(12-10-27)33-26(3)39-25-51-33/h9-12,25,29-30,32,34,44H,7-8,13-24H2,1-6H3,(H,38,46)(H,40,45)/t29-,30-,34+/m0/s1. The Kier molecular flexibility index (Phi) is 15.8. The van der Waals surface area contributed by atoms with Crippen LogP contribution < -0.4 is 10.6 Å². The number of aromatic nitrogens is 1. The van der Waals surface area contributed by atoms with Crippen LogP contribution in [0.3, 0.4) is 0 Å². The molecule has 14 heteroatoms. The van der Waals surface area contributed by atoms with Crippen LogP contribution in [0.2, 0.25) is 0 Å². The van der Waals surface area contributed by atoms with Gasteiger partial charge in [0.15, 0.2) is 6.29 Å². The molecule has 3 N–H and O–H groups in total. The van der Waals surface area contributed by atoms with Crippen molar-refractivity contribution in [3.05, 3.63) is 41.0 Å². The first-order chi connectivity index (χ1) is 24.4. The molecule has 0 bridgehead atoms. The molecule has 3 atom stereocenters. The number of nitrogens with one attached hydrogen (secondary N) is 2. The summed E-state index contributed by atoms with van der Waals surface area (Å²) in [5, 5.41) is 16.5. The topological polar surface area (TPSA) is 146 Å². The van der Waals surface area contributed by atoms with Crippen LogP contribution in [0.1, 0.15) is 52.3 Å². The molecule has 0 unspecified atom stereocenters. The van der Waals surface area contributed by atoms with E-state index in [2.05, 4.69) is 37.6 Å². The molecule has 1 aromatic heterocycles. The Morgan fingerprint density at radius 3 is 2.31 bits per heavy atom. The Balaban J connectivity index is 1.23. The number of nitrogens with zero attached hydrogens (tertiary/aromatic N) is 4. The number of aliphatic hydroxyl groups excluding tert-OH is 1. The molecule has 2 aliphatic heterocycles. The molecule has 13 nitrogen and oxygen atoms in total. The van der Waals surface area contributed by atoms with Crippen molar-refractivity contribution in [2.75, 3.05) is 78.8 Å². The van der Waals surface area contributed by atoms with E-state index in [0.29, 0.717) is 39.4 Å². The van der Waals surface area contributed by atoms with Crippen LogP contribution in [0.4, 0.5) is 0 Å². The molecule has 0 aliphatic carbocycles. The number of rotatable bonds is 18. The predicted octanol–water partition coefficient (Wildman–Crippen LogP) is 2.30. The molecule has 51 heavy (non-hydrogen) atoms. The highest BCUT2D eigenvalue weighted by atomic mass is 32.1. The van der Waals surface area contributed by atoms with Gasteiger partial charge in [0.1, 0.15) is 12.1 Å². The molecule has 1 aromatic carbocycles. The number of thiazole rings is 1. The van der Waals surface area contributed by atoms with Crippen LogP contribution in [0.5, 0.6) is 0 Å². The summed E-state index contributed by atoms with van der Waals surface area (Å²) < 4.78 is 16.8. The maximum Gasteiger partial charge on any atom is 0.246 e. The van der Waals surface area contributed by atoms with Crippen LogP contribution in [0.15, 0.2) is 29.8 Å². The number of benzene rings is 1. The third-order valence-corrected chi connectivity index (χ3v) is 10.3. The van der Waals surface area contributed by atoms with Gasteiger partial charge in [-0.25, -0.2) is 4.98 Å². The van der Waals surface area contributed by atoms with Gasteiger partial charge in [-0.05, 0) is 43.7 Å². The second-order valence-electron chi connectivity index (χ2n) is 14.3. The monoisotopic (exact) mass is 730 g/mol. The van der Waals surface area contributed by atoms with Gasteiger partial charge in [0.05, 0.1) is 41.9 Å². The fourth-order valence-corrected chi connectivity index (χ4v) is 7.25. The fourth-order valence-electron chi connectivity index (χ4n) is 6.44. The molecule has 4 rings (SSSR count). The van der Waals surface area contributed by atoms with E-state index >= 15 is 0 Å². The van der Waals surface area contributed by atoms with Gasteiger partial charge in [0, 0.05) is 65.4 Å². The first-order valence-corrected chi connectivity index (χ1v) is 19.1. The number of ether oxygens (including phenoxy) is 3. The Hall–Kier alpha value is -2.98. The van der Waals surface area contributed by atoms with Crippen molar-refractivity contribution in [1.29, 1.82) is 0 Å². The summed E-state index contributed by atoms with van der Waals surface area (Å²) in [4.78, 5) is 51.9. The first kappa shape index (κ1) is 40.8. The van der Waals surface area contributed by atoms with Gasteiger partial charge < -0.3 is 34.9 Å². The molecule has 2 aliphatic rings. The van der Waals surface area contributed by atoms with Gasteiger partial charge in [-0.1, -0.05) is 45.0 Å². The van der Waals surface area contributed by atoms with Crippen molar-refractivity contribution >= 4 is 29.1 Å². The van der Waals surface area contributed by atoms with Crippen molar-refractivity contribution in [3.63, 3.8) is 0 Å². The van der Waals surface area contributed by atoms with Crippen LogP contribution in [-0.4, -0.2) is 146 Å². The summed E-state index contributed by atoms with van der Waals surface area (Å²) in [6, 6.07) is 6.55. The van der Waals surface area contributed by atoms with Crippen LogP contribution >= 0.6 is 11.3 Å². The number of piperazine rings is 1. The van der Waals surface area contributed by atoms with Gasteiger partial charge >= 0.3 is 0 Å². The molecule has 3 amide bonds. The number of carbonyl (C=O) groups is 3. The predicted molar refractivity (Wildman–Crippen MR) is 197 cm³/mol. The largest absolute Gasteiger partial charge is 0.391 e. The van der Waals surface area contributed by atoms with Gasteiger partial charge in [0.2, 0.25) is 17.7 Å². The van der Waals surface area contributed by atoms with Crippen LogP contribution in [0.25, 0.3) is 10.4 Å². The van der Waals surface area contributed by atoms with Crippen molar-refractivity contribution < 1.29 is 33.7 Å². The van der Waals surface area contributed by atoms with Crippen molar-refractivity contribution in [3.8, 4) is 10.4 Å². The fraction of sp³-hybridized carbons (Fsp3) is 0.676. The van der Waals surface area contributed by atoms with Gasteiger partial charge in [0.25, 0.3) is 0 Å². The third kappa shape index (κ3) is 12.3. The summed E-state index contributed by atoms with van der Waals surface area (Å²) in [5.74, 6) is -0.903. The molecule has 0 radical (unpaired) electrons. The highest BCUT2D eigenvalue weighted by molar-refractivity contribution is 7.13. The normalized spacial score (nSPS) is 19.4. The van der Waals surface area contributed by atoms with Crippen molar-refractivity contribution in [2.24, 2.45) is 5.41 Å². The molecular formula is C37H58N6O7S. The summed E-state index contributed by atoms with van der Waals surface area (Å²) in [5.41, 5.74) is 4.42. The van der Waals surface area contributed by atoms with E-state index in [0.717, 1.165) is 54.4 Å². The van der Waals surface area contributed by atoms with Gasteiger partial charge in [-0.3, -0.25) is 24.2 Å². The van der Waals surface area contributed by atoms with Crippen LogP contribution in [0, 0.1) is 12.3 Å². The SMILES string of the molecule is CCOC(COCCN1CCN(CC(=O)N[C@H](C(=O)N2C[C@@H](O)C[C@H]2C(=O)NCCc2ccc(-c3scnc3C)cc2)C(C)(C)C)CC1)OCC. The first-order valence-electron chi connectivity index (χ1n) is 18.2. The number of carbonyl (C=O) groups excluding carboxylic acids is 3. The van der Waals surface area contributed by atoms with E-state index in [1.165, 1.54) is 4.90 Å². The maximum absolute atomic E-state index is 14.0. The number of amides is 3. The van der Waals surface area contributed by atoms with Gasteiger partial charge in [-0.15, -0.1) is 11.3 Å². The summed E-state index contributed by atoms with van der Waals surface area (Å²) in [6.07, 6.45) is -0.387. The minimum Gasteiger partial charge on any atom is -0.391 e. The number of hydrogen-bond acceptors (Lipinski definition) is 11. The van der Waals surface area contributed by atoms with E-state index < -0.39 is 23.6 Å². The minimum atomic E-state index is -0.859. The average Bonchev–Trinajstić information content (AvgIpc) is 3.71. The third-order valence-electron chi connectivity index (χ3n) is 9.30. The average molecular weight is 731 g/mol. The number of aliphatic hydroxyl groups is 1. The second kappa shape index (κ2) is 19.7. The Labute approximate surface area is 307 Å². The van der Waals surface area contributed by atoms with Crippen LogP contribution in [-0.2, 0) is 35.0 Å². The number of aryl methyl sites for hydroxylation is 1. The molecule has 284 valence electrons. The number of β-amino-alcohol motifs (C(OH)–C–C–N with tert-alkyl or cyclic N) is 1. The van der Waals surface area contributed by atoms with Crippen molar-refractivity contribution in [1.82, 2.24) is 30.3 Å². The minimum absolute atomic E-state index is 0.0431. The maximum atomic E-state index is 14.0. The molecule has 2 saturated heterocycles. The zero-order chi connectivity index (χ0) is 37.0. The lowest BCUT2D eigenvalue weighted by atomic mass is 9.85. The lowest BCUT2D eigenvalue weighted by molar-refractivity contribution is -0.168. The highest BCUT2D eigenvalue weighted by Crippen LogP contribution is 2.28. The molecule has 2 aromatic rings. The lowest BCUT2D eigenvalue weighted by Gasteiger charge is -2.37. The summed E-state index contributed by atoms with van der Waals surface area (Å²) >= 11 is 1.61. The molecule has 2 fully saturated rings. The van der Waals surface area contributed by atoms with E-state index in [1.54, 1.807) is 11.3 Å². The Morgan fingerprint density at radius 1 is 1.04 bits per heavy atom. The summed E-state index contributed by atoms with van der Waals surface area (Å²) in [7, 11) is 0. The zero-order valence-corrected chi connectivity index (χ0v) is 32.0. The molecule has 0 saturated carbocycles. The highest BCUT2D eigenvalue weighted by Gasteiger charge is 2.44. The number of hydrogen-bond donors (Lipinski definition) is 3. The Morgan fingerprint density at radius 2 is 1.71 bits per heavy atom. The molecule has 0 spiro atoms. The van der Waals surface area contributed by atoms with E-state index in [-0.39, 0.29) is 43.5 Å². The van der Waals surface area contributed by atoms with E-state index in [9.17, 15) is 19.5 Å². The lowest BCUT2D eigenvalue weighted by Crippen LogP contribution is -2.59. The van der Waals surface area contributed by atoms with E-state index in [4.69, 9.17) is 14.2 Å². The second-order valence-corrected chi connectivity index (χ2v) is 15.2. The molecule has 3 heterocycles. The summed E-state index contributed by atoms with van der Waals surface area (Å²) in [6.45, 7) is 18.1. The Bertz CT molecular complexity index is 1390. The van der Waals surface area contributed by atoms with Crippen molar-refractivity contribution in [2.45, 2.75) is 78.9 Å². The number of likely N-dealkylation sites (tertiary alicyclic amines) is 1. The van der Waals surface area contributed by atoms with E-state index in [1.807, 2.05) is 59.2 Å².